The van der Waals surface area contributed by atoms with Crippen molar-refractivity contribution in [3.8, 4) is 0 Å². The highest BCUT2D eigenvalue weighted by atomic mass is 79.9. The van der Waals surface area contributed by atoms with Gasteiger partial charge in [-0.15, -0.1) is 0 Å². The molecule has 146 valence electrons. The van der Waals surface area contributed by atoms with Gasteiger partial charge >= 0.3 is 11.9 Å². The maximum atomic E-state index is 13.5. The van der Waals surface area contributed by atoms with Crippen molar-refractivity contribution in [2.45, 2.75) is 11.9 Å². The van der Waals surface area contributed by atoms with E-state index >= 15 is 0 Å². The van der Waals surface area contributed by atoms with Crippen LogP contribution in [-0.2, 0) is 11.9 Å². The Morgan fingerprint density at radius 1 is 0.929 bits per heavy atom. The van der Waals surface area contributed by atoms with E-state index in [1.54, 1.807) is 18.2 Å². The number of carboxylic acids is 2. The van der Waals surface area contributed by atoms with E-state index in [4.69, 9.17) is 10.2 Å². The number of halogens is 3. The molecule has 2 N–H and O–H groups in total. The first-order valence-electron chi connectivity index (χ1n) is 7.90. The van der Waals surface area contributed by atoms with Crippen molar-refractivity contribution in [2.75, 3.05) is 0 Å². The van der Waals surface area contributed by atoms with Gasteiger partial charge in [-0.2, -0.15) is 5.10 Å². The third-order valence-electron chi connectivity index (χ3n) is 3.60. The van der Waals surface area contributed by atoms with Gasteiger partial charge in [0.1, 0.15) is 17.3 Å². The fourth-order valence-corrected chi connectivity index (χ4v) is 2.66. The average Bonchev–Trinajstić information content (AvgIpc) is 3.09. The molecule has 0 radical (unpaired) electrons. The van der Waals surface area contributed by atoms with Crippen LogP contribution in [0.2, 0.25) is 0 Å². The molecular formula is C19H15BrF2N2O4. The van der Waals surface area contributed by atoms with E-state index in [1.807, 2.05) is 6.07 Å². The first kappa shape index (κ1) is 21.2. The summed E-state index contributed by atoms with van der Waals surface area (Å²) in [6.07, 6.45) is 0. The smallest absolute Gasteiger partial charge is 0.356 e. The van der Waals surface area contributed by atoms with Crippen LogP contribution in [0.1, 0.15) is 32.1 Å². The second kappa shape index (κ2) is 9.75. The van der Waals surface area contributed by atoms with Crippen LogP contribution in [-0.4, -0.2) is 31.9 Å². The van der Waals surface area contributed by atoms with E-state index in [0.29, 0.717) is 10.9 Å². The zero-order chi connectivity index (χ0) is 20.7. The summed E-state index contributed by atoms with van der Waals surface area (Å²) in [5, 5.41) is 22.0. The summed E-state index contributed by atoms with van der Waals surface area (Å²) in [5.74, 6) is -3.31. The Balaban J connectivity index is 0.000000261. The van der Waals surface area contributed by atoms with Crippen LogP contribution in [0.25, 0.3) is 0 Å². The predicted octanol–water partition coefficient (Wildman–Crippen LogP) is 4.19. The number of benzene rings is 2. The highest BCUT2D eigenvalue weighted by molar-refractivity contribution is 9.08. The number of carboxylic acid groups (broad SMARTS) is 2. The molecule has 0 aliphatic rings. The highest BCUT2D eigenvalue weighted by Gasteiger charge is 2.18. The lowest BCUT2D eigenvalue weighted by atomic mass is 10.2. The molecule has 3 rings (SSSR count). The van der Waals surface area contributed by atoms with E-state index < -0.39 is 23.4 Å². The minimum absolute atomic E-state index is 0.144. The number of hydrogen-bond donors (Lipinski definition) is 2. The highest BCUT2D eigenvalue weighted by Crippen LogP contribution is 2.12. The van der Waals surface area contributed by atoms with Crippen LogP contribution in [0.15, 0.2) is 54.6 Å². The Bertz CT molecular complexity index is 992. The van der Waals surface area contributed by atoms with Gasteiger partial charge in [0.25, 0.3) is 0 Å². The summed E-state index contributed by atoms with van der Waals surface area (Å²) in [5.41, 5.74) is 0.233. The SMILES string of the molecule is Fc1ccccc1CBr.O=C(O)c1cc(C(=O)O)n(Cc2ccccc2F)n1. The number of hydrogen-bond acceptors (Lipinski definition) is 3. The zero-order valence-corrected chi connectivity index (χ0v) is 15.9. The minimum Gasteiger partial charge on any atom is -0.477 e. The van der Waals surface area contributed by atoms with Crippen LogP contribution in [0, 0.1) is 11.6 Å². The largest absolute Gasteiger partial charge is 0.477 e. The van der Waals surface area contributed by atoms with E-state index in [1.165, 1.54) is 24.3 Å². The number of nitrogens with zero attached hydrogens (tertiary/aromatic N) is 2. The monoisotopic (exact) mass is 452 g/mol. The quantitative estimate of drug-likeness (QED) is 0.566. The molecule has 0 atom stereocenters. The number of rotatable bonds is 5. The van der Waals surface area contributed by atoms with Gasteiger partial charge in [0.15, 0.2) is 5.69 Å². The molecular weight excluding hydrogens is 438 g/mol. The summed E-state index contributed by atoms with van der Waals surface area (Å²) in [6, 6.07) is 13.5. The molecule has 0 bridgehead atoms. The van der Waals surface area contributed by atoms with Crippen molar-refractivity contribution in [3.63, 3.8) is 0 Å². The fourth-order valence-electron chi connectivity index (χ4n) is 2.21. The van der Waals surface area contributed by atoms with Gasteiger partial charge in [0.05, 0.1) is 6.54 Å². The topological polar surface area (TPSA) is 92.4 Å². The van der Waals surface area contributed by atoms with E-state index in [2.05, 4.69) is 21.0 Å². The molecule has 0 unspecified atom stereocenters. The van der Waals surface area contributed by atoms with Gasteiger partial charge in [0.2, 0.25) is 0 Å². The third-order valence-corrected chi connectivity index (χ3v) is 4.20. The molecule has 0 aliphatic carbocycles. The molecule has 6 nitrogen and oxygen atoms in total. The normalized spacial score (nSPS) is 10.1. The zero-order valence-electron chi connectivity index (χ0n) is 14.3. The molecule has 0 fully saturated rings. The second-order valence-electron chi connectivity index (χ2n) is 5.50. The van der Waals surface area contributed by atoms with Crippen molar-refractivity contribution in [3.05, 3.63) is 88.7 Å². The van der Waals surface area contributed by atoms with Gasteiger partial charge in [-0.1, -0.05) is 52.3 Å². The van der Waals surface area contributed by atoms with E-state index in [0.717, 1.165) is 10.7 Å². The molecule has 2 aromatic carbocycles. The lowest BCUT2D eigenvalue weighted by Crippen LogP contribution is -2.12. The fraction of sp³-hybridized carbons (Fsp3) is 0.105. The molecule has 0 saturated carbocycles. The first-order valence-corrected chi connectivity index (χ1v) is 9.02. The molecule has 28 heavy (non-hydrogen) atoms. The molecule has 0 spiro atoms. The standard InChI is InChI=1S/C12H9FN2O4.C7H6BrF/c13-8-4-2-1-3-7(8)6-15-10(12(18)19)5-9(14-15)11(16)17;8-5-6-3-1-2-4-7(6)9/h1-5H,6H2,(H,16,17)(H,18,19);1-4H,5H2. The average molecular weight is 453 g/mol. The Hall–Kier alpha value is -3.07. The number of alkyl halides is 1. The Labute approximate surface area is 167 Å². The molecule has 1 heterocycles. The number of carbonyl (C=O) groups is 2. The molecule has 0 aliphatic heterocycles. The summed E-state index contributed by atoms with van der Waals surface area (Å²) in [7, 11) is 0. The van der Waals surface area contributed by atoms with Gasteiger partial charge in [-0.3, -0.25) is 4.68 Å². The van der Waals surface area contributed by atoms with Crippen LogP contribution >= 0.6 is 15.9 Å². The Morgan fingerprint density at radius 3 is 1.89 bits per heavy atom. The van der Waals surface area contributed by atoms with Crippen molar-refractivity contribution in [1.29, 1.82) is 0 Å². The van der Waals surface area contributed by atoms with Gasteiger partial charge in [-0.05, 0) is 17.7 Å². The summed E-state index contributed by atoms with van der Waals surface area (Å²) in [6.45, 7) is -0.151. The van der Waals surface area contributed by atoms with Crippen LogP contribution in [0.3, 0.4) is 0 Å². The number of aromatic carboxylic acids is 2. The van der Waals surface area contributed by atoms with Crippen molar-refractivity contribution >= 4 is 27.9 Å². The summed E-state index contributed by atoms with van der Waals surface area (Å²) in [4.78, 5) is 21.8. The predicted molar refractivity (Wildman–Crippen MR) is 101 cm³/mol. The minimum atomic E-state index is -1.34. The van der Waals surface area contributed by atoms with Crippen LogP contribution in [0.5, 0.6) is 0 Å². The van der Waals surface area contributed by atoms with Crippen molar-refractivity contribution in [1.82, 2.24) is 9.78 Å². The van der Waals surface area contributed by atoms with E-state index in [-0.39, 0.29) is 23.6 Å². The number of aromatic nitrogens is 2. The second-order valence-corrected chi connectivity index (χ2v) is 6.06. The summed E-state index contributed by atoms with van der Waals surface area (Å²) < 4.78 is 27.0. The lowest BCUT2D eigenvalue weighted by molar-refractivity contribution is 0.0676. The first-order chi connectivity index (χ1) is 13.3. The Morgan fingerprint density at radius 2 is 1.46 bits per heavy atom. The van der Waals surface area contributed by atoms with Gasteiger partial charge in [-0.25, -0.2) is 18.4 Å². The Kier molecular flexibility index (Phi) is 7.39. The van der Waals surface area contributed by atoms with Gasteiger partial charge in [0, 0.05) is 17.0 Å². The molecule has 0 amide bonds. The van der Waals surface area contributed by atoms with E-state index in [9.17, 15) is 18.4 Å². The third kappa shape index (κ3) is 5.46. The van der Waals surface area contributed by atoms with Crippen LogP contribution in [0.4, 0.5) is 8.78 Å². The lowest BCUT2D eigenvalue weighted by Gasteiger charge is -2.05. The van der Waals surface area contributed by atoms with Crippen LogP contribution < -0.4 is 0 Å². The van der Waals surface area contributed by atoms with Crippen molar-refractivity contribution in [2.24, 2.45) is 0 Å². The van der Waals surface area contributed by atoms with Gasteiger partial charge < -0.3 is 10.2 Å². The maximum absolute atomic E-state index is 13.5. The molecule has 0 saturated heterocycles. The summed E-state index contributed by atoms with van der Waals surface area (Å²) >= 11 is 3.17. The molecule has 1 aromatic heterocycles. The molecule has 9 heteroatoms. The molecule has 3 aromatic rings. The van der Waals surface area contributed by atoms with Crippen molar-refractivity contribution < 1.29 is 28.6 Å². The maximum Gasteiger partial charge on any atom is 0.356 e.